The molecule has 1 aromatic heterocycles. The summed E-state index contributed by atoms with van der Waals surface area (Å²) in [6.07, 6.45) is 2.45. The van der Waals surface area contributed by atoms with Crippen molar-refractivity contribution >= 4 is 33.0 Å². The Hall–Kier alpha value is -2.95. The molecule has 1 amide bonds. The number of pyridine rings is 1. The van der Waals surface area contributed by atoms with Gasteiger partial charge in [-0.15, -0.1) is 0 Å². The Morgan fingerprint density at radius 1 is 1.13 bits per heavy atom. The zero-order chi connectivity index (χ0) is 28.7. The van der Waals surface area contributed by atoms with Gasteiger partial charge in [0.15, 0.2) is 27.3 Å². The van der Waals surface area contributed by atoms with E-state index in [0.717, 1.165) is 11.8 Å². The molecular formula is C28H28ClF3N2O4S. The lowest BCUT2D eigenvalue weighted by Crippen LogP contribution is -2.49. The van der Waals surface area contributed by atoms with Crippen LogP contribution < -0.4 is 5.32 Å². The van der Waals surface area contributed by atoms with Gasteiger partial charge in [0.2, 0.25) is 0 Å². The molecule has 11 heteroatoms. The molecule has 4 atom stereocenters. The zero-order valence-electron chi connectivity index (χ0n) is 21.5. The highest BCUT2D eigenvalue weighted by Gasteiger charge is 2.50. The molecule has 1 aliphatic rings. The fraction of sp³-hybridized carbons (Fsp3) is 0.357. The van der Waals surface area contributed by atoms with Crippen LogP contribution in [-0.2, 0) is 15.4 Å². The standard InChI is InChI=1S/C28H28ClF3N2O4S/c1-4-18-11-21(9-15(2)28(18,36)19-7-5-16(3)33-14-19)39(37,38)25-10-17(6-8-22(25)29)27(35)34-20-12-23(30)26(32)24(31)13-20/h5-8,10,12-15,18,21,36H,4,9,11H2,1-3H3,(H,34,35)/t15-,18?,21-,28-/m0/s1. The van der Waals surface area contributed by atoms with Gasteiger partial charge in [0, 0.05) is 40.8 Å². The van der Waals surface area contributed by atoms with Gasteiger partial charge in [0.05, 0.1) is 20.8 Å². The van der Waals surface area contributed by atoms with Crippen LogP contribution in [0.4, 0.5) is 18.9 Å². The number of hydrogen-bond donors (Lipinski definition) is 2. The third-order valence-corrected chi connectivity index (χ3v) is 10.2. The number of nitrogens with one attached hydrogen (secondary N) is 1. The summed E-state index contributed by atoms with van der Waals surface area (Å²) in [6, 6.07) is 8.49. The molecule has 4 rings (SSSR count). The normalized spacial score (nSPS) is 23.4. The van der Waals surface area contributed by atoms with Crippen LogP contribution in [0.25, 0.3) is 0 Å². The van der Waals surface area contributed by atoms with Crippen molar-refractivity contribution in [3.8, 4) is 0 Å². The Balaban J connectivity index is 1.63. The van der Waals surface area contributed by atoms with Crippen molar-refractivity contribution in [1.82, 2.24) is 4.98 Å². The van der Waals surface area contributed by atoms with E-state index in [1.165, 1.54) is 12.1 Å². The van der Waals surface area contributed by atoms with Gasteiger partial charge in [-0.1, -0.05) is 37.9 Å². The van der Waals surface area contributed by atoms with Crippen LogP contribution in [0.1, 0.15) is 54.7 Å². The third kappa shape index (κ3) is 5.42. The van der Waals surface area contributed by atoms with Gasteiger partial charge in [-0.05, 0) is 55.9 Å². The number of aryl methyl sites for hydroxylation is 1. The van der Waals surface area contributed by atoms with E-state index in [1.54, 1.807) is 19.2 Å². The SMILES string of the molecule is CCC1C[C@@H](S(=O)(=O)c2cc(C(=O)Nc3cc(F)c(F)c(F)c3)ccc2Cl)C[C@H](C)[C@@]1(O)c1ccc(C)nc1. The second-order valence-electron chi connectivity index (χ2n) is 10.0. The largest absolute Gasteiger partial charge is 0.385 e. The first-order valence-electron chi connectivity index (χ1n) is 12.4. The third-order valence-electron chi connectivity index (χ3n) is 7.58. The molecule has 39 heavy (non-hydrogen) atoms. The Bertz CT molecular complexity index is 1490. The maximum atomic E-state index is 13.8. The van der Waals surface area contributed by atoms with Gasteiger partial charge in [-0.25, -0.2) is 21.6 Å². The predicted octanol–water partition coefficient (Wildman–Crippen LogP) is 6.20. The van der Waals surface area contributed by atoms with Crippen LogP contribution >= 0.6 is 11.6 Å². The minimum Gasteiger partial charge on any atom is -0.385 e. The first-order valence-corrected chi connectivity index (χ1v) is 14.4. The van der Waals surface area contributed by atoms with E-state index in [2.05, 4.69) is 10.3 Å². The van der Waals surface area contributed by atoms with Gasteiger partial charge >= 0.3 is 0 Å². The Morgan fingerprint density at radius 3 is 2.38 bits per heavy atom. The minimum absolute atomic E-state index is 0.0882. The van der Waals surface area contributed by atoms with Gasteiger partial charge < -0.3 is 10.4 Å². The number of hydrogen-bond acceptors (Lipinski definition) is 5. The fourth-order valence-corrected chi connectivity index (χ4v) is 7.86. The summed E-state index contributed by atoms with van der Waals surface area (Å²) >= 11 is 6.29. The van der Waals surface area contributed by atoms with E-state index < -0.39 is 50.0 Å². The topological polar surface area (TPSA) is 96.4 Å². The average molecular weight is 581 g/mol. The van der Waals surface area contributed by atoms with E-state index in [-0.39, 0.29) is 39.9 Å². The van der Waals surface area contributed by atoms with E-state index >= 15 is 0 Å². The van der Waals surface area contributed by atoms with Gasteiger partial charge in [0.25, 0.3) is 5.91 Å². The van der Waals surface area contributed by atoms with Crippen molar-refractivity contribution in [2.24, 2.45) is 11.8 Å². The molecular weight excluding hydrogens is 553 g/mol. The molecule has 2 aromatic carbocycles. The van der Waals surface area contributed by atoms with Crippen molar-refractivity contribution in [2.45, 2.75) is 55.8 Å². The average Bonchev–Trinajstić information content (AvgIpc) is 2.89. The summed E-state index contributed by atoms with van der Waals surface area (Å²) < 4.78 is 68.0. The maximum Gasteiger partial charge on any atom is 0.255 e. The monoisotopic (exact) mass is 580 g/mol. The second-order valence-corrected chi connectivity index (χ2v) is 12.6. The number of carbonyl (C=O) groups excluding carboxylic acids is 1. The maximum absolute atomic E-state index is 13.8. The fourth-order valence-electron chi connectivity index (χ4n) is 5.40. The number of benzene rings is 2. The Kier molecular flexibility index (Phi) is 8.12. The van der Waals surface area contributed by atoms with Gasteiger partial charge in [0.1, 0.15) is 0 Å². The van der Waals surface area contributed by atoms with Crippen LogP contribution in [0.5, 0.6) is 0 Å². The number of aliphatic hydroxyl groups is 1. The number of anilines is 1. The predicted molar refractivity (Wildman–Crippen MR) is 142 cm³/mol. The lowest BCUT2D eigenvalue weighted by Gasteiger charge is -2.47. The van der Waals surface area contributed by atoms with E-state index in [9.17, 15) is 31.5 Å². The van der Waals surface area contributed by atoms with E-state index in [1.807, 2.05) is 19.9 Å². The zero-order valence-corrected chi connectivity index (χ0v) is 23.1. The second kappa shape index (κ2) is 10.9. The van der Waals surface area contributed by atoms with Crippen molar-refractivity contribution in [3.05, 3.63) is 88.0 Å². The van der Waals surface area contributed by atoms with Crippen LogP contribution in [0.3, 0.4) is 0 Å². The smallest absolute Gasteiger partial charge is 0.255 e. The molecule has 1 unspecified atom stereocenters. The molecule has 1 heterocycles. The highest BCUT2D eigenvalue weighted by molar-refractivity contribution is 7.92. The summed E-state index contributed by atoms with van der Waals surface area (Å²) in [5.41, 5.74) is -0.304. The number of halogens is 4. The highest BCUT2D eigenvalue weighted by Crippen LogP contribution is 2.49. The van der Waals surface area contributed by atoms with Crippen LogP contribution in [-0.4, -0.2) is 29.7 Å². The molecule has 0 spiro atoms. The molecule has 1 aliphatic carbocycles. The van der Waals surface area contributed by atoms with Gasteiger partial charge in [-0.2, -0.15) is 0 Å². The molecule has 0 aliphatic heterocycles. The number of nitrogens with zero attached hydrogens (tertiary/aromatic N) is 1. The molecule has 1 fully saturated rings. The summed E-state index contributed by atoms with van der Waals surface area (Å²) in [5.74, 6) is -6.33. The summed E-state index contributed by atoms with van der Waals surface area (Å²) in [4.78, 5) is 16.8. The van der Waals surface area contributed by atoms with Crippen LogP contribution in [0.15, 0.2) is 53.6 Å². The quantitative estimate of drug-likeness (QED) is 0.339. The molecule has 0 radical (unpaired) electrons. The highest BCUT2D eigenvalue weighted by atomic mass is 35.5. The van der Waals surface area contributed by atoms with Gasteiger partial charge in [-0.3, -0.25) is 9.78 Å². The van der Waals surface area contributed by atoms with Crippen molar-refractivity contribution in [2.75, 3.05) is 5.32 Å². The van der Waals surface area contributed by atoms with Crippen LogP contribution in [0, 0.1) is 36.2 Å². The first-order chi connectivity index (χ1) is 18.3. The number of carbonyl (C=O) groups is 1. The number of aromatic nitrogens is 1. The Labute approximate surface area is 230 Å². The minimum atomic E-state index is -4.06. The van der Waals surface area contributed by atoms with Crippen LogP contribution in [0.2, 0.25) is 5.02 Å². The summed E-state index contributed by atoms with van der Waals surface area (Å²) in [7, 11) is -4.06. The Morgan fingerprint density at radius 2 is 1.79 bits per heavy atom. The van der Waals surface area contributed by atoms with E-state index in [4.69, 9.17) is 11.6 Å². The summed E-state index contributed by atoms with van der Waals surface area (Å²) in [5, 5.41) is 13.1. The van der Waals surface area contributed by atoms with E-state index in [0.29, 0.717) is 24.1 Å². The lowest BCUT2D eigenvalue weighted by atomic mass is 9.65. The molecule has 3 aromatic rings. The molecule has 0 saturated heterocycles. The molecule has 208 valence electrons. The molecule has 6 nitrogen and oxygen atoms in total. The molecule has 1 saturated carbocycles. The van der Waals surface area contributed by atoms with Crippen molar-refractivity contribution in [1.29, 1.82) is 0 Å². The number of amides is 1. The molecule has 2 N–H and O–H groups in total. The van der Waals surface area contributed by atoms with Crippen molar-refractivity contribution < 1.29 is 31.5 Å². The van der Waals surface area contributed by atoms with Crippen molar-refractivity contribution in [3.63, 3.8) is 0 Å². The number of rotatable bonds is 6. The summed E-state index contributed by atoms with van der Waals surface area (Å²) in [6.45, 7) is 5.53. The first kappa shape index (κ1) is 29.0. The lowest BCUT2D eigenvalue weighted by molar-refractivity contribution is -0.0960. The number of sulfone groups is 1. The molecule has 0 bridgehead atoms.